The number of aryl methyl sites for hydroxylation is 1. The average Bonchev–Trinajstić information content (AvgIpc) is 2.34. The summed E-state index contributed by atoms with van der Waals surface area (Å²) < 4.78 is 5.72. The van der Waals surface area contributed by atoms with Gasteiger partial charge in [0.1, 0.15) is 0 Å². The summed E-state index contributed by atoms with van der Waals surface area (Å²) in [6.45, 7) is 7.35. The Labute approximate surface area is 116 Å². The maximum atomic E-state index is 5.89. The Morgan fingerprint density at radius 1 is 1.33 bits per heavy atom. The van der Waals surface area contributed by atoms with E-state index in [0.29, 0.717) is 5.88 Å². The van der Waals surface area contributed by atoms with E-state index in [2.05, 4.69) is 31.8 Å². The number of alkyl halides is 1. The molecular formula is C15H24ClNO. The highest BCUT2D eigenvalue weighted by atomic mass is 35.5. The van der Waals surface area contributed by atoms with Gasteiger partial charge in [0, 0.05) is 17.6 Å². The fraction of sp³-hybridized carbons (Fsp3) is 0.667. The summed E-state index contributed by atoms with van der Waals surface area (Å²) in [4.78, 5) is 4.51. The lowest BCUT2D eigenvalue weighted by atomic mass is 10.1. The van der Waals surface area contributed by atoms with Crippen LogP contribution in [0.3, 0.4) is 0 Å². The molecule has 0 saturated heterocycles. The Kier molecular flexibility index (Phi) is 7.11. The molecule has 0 unspecified atom stereocenters. The zero-order valence-corrected chi connectivity index (χ0v) is 12.5. The third kappa shape index (κ3) is 5.72. The van der Waals surface area contributed by atoms with E-state index in [1.807, 2.05) is 6.07 Å². The van der Waals surface area contributed by atoms with Crippen LogP contribution < -0.4 is 4.74 Å². The van der Waals surface area contributed by atoms with Crippen molar-refractivity contribution < 1.29 is 4.74 Å². The number of pyridine rings is 1. The lowest BCUT2D eigenvalue weighted by molar-refractivity contribution is 0.286. The van der Waals surface area contributed by atoms with Crippen molar-refractivity contribution >= 4 is 11.6 Å². The minimum Gasteiger partial charge on any atom is -0.478 e. The Morgan fingerprint density at radius 2 is 2.11 bits per heavy atom. The molecule has 102 valence electrons. The fourth-order valence-electron chi connectivity index (χ4n) is 1.82. The fourth-order valence-corrected chi connectivity index (χ4v) is 1.98. The van der Waals surface area contributed by atoms with Gasteiger partial charge in [0.05, 0.1) is 6.61 Å². The maximum Gasteiger partial charge on any atom is 0.213 e. The van der Waals surface area contributed by atoms with Crippen molar-refractivity contribution in [2.75, 3.05) is 6.61 Å². The summed E-state index contributed by atoms with van der Waals surface area (Å²) in [5, 5.41) is 0. The van der Waals surface area contributed by atoms with E-state index in [0.717, 1.165) is 48.9 Å². The molecule has 0 aromatic carbocycles. The van der Waals surface area contributed by atoms with E-state index < -0.39 is 0 Å². The normalized spacial score (nSPS) is 10.9. The van der Waals surface area contributed by atoms with E-state index in [9.17, 15) is 0 Å². The van der Waals surface area contributed by atoms with Crippen LogP contribution in [0, 0.1) is 5.92 Å². The van der Waals surface area contributed by atoms with Gasteiger partial charge in [-0.05, 0) is 36.8 Å². The molecule has 0 spiro atoms. The first-order chi connectivity index (χ1) is 8.65. The highest BCUT2D eigenvalue weighted by Gasteiger charge is 2.03. The highest BCUT2D eigenvalue weighted by Crippen LogP contribution is 2.16. The smallest absolute Gasteiger partial charge is 0.213 e. The summed E-state index contributed by atoms with van der Waals surface area (Å²) in [7, 11) is 0. The molecule has 1 aromatic heterocycles. The molecule has 0 aliphatic heterocycles. The van der Waals surface area contributed by atoms with Gasteiger partial charge in [0.15, 0.2) is 0 Å². The molecule has 0 amide bonds. The van der Waals surface area contributed by atoms with Gasteiger partial charge >= 0.3 is 0 Å². The summed E-state index contributed by atoms with van der Waals surface area (Å²) in [5.74, 6) is 1.97. The number of nitrogens with zero attached hydrogens (tertiary/aromatic N) is 1. The Bertz CT molecular complexity index is 352. The molecule has 3 heteroatoms. The SMILES string of the molecule is CCCc1cc(CCl)cc(OCCCC(C)C)n1. The Hall–Kier alpha value is -0.760. The average molecular weight is 270 g/mol. The molecule has 1 aromatic rings. The van der Waals surface area contributed by atoms with Crippen molar-refractivity contribution in [2.45, 2.75) is 52.3 Å². The second-order valence-corrected chi connectivity index (χ2v) is 5.34. The van der Waals surface area contributed by atoms with Gasteiger partial charge in [0.2, 0.25) is 5.88 Å². The van der Waals surface area contributed by atoms with Crippen LogP contribution in [0.1, 0.15) is 51.3 Å². The van der Waals surface area contributed by atoms with Crippen LogP contribution in [0.4, 0.5) is 0 Å². The second kappa shape index (κ2) is 8.36. The molecule has 0 aliphatic carbocycles. The van der Waals surface area contributed by atoms with Crippen LogP contribution in [0.15, 0.2) is 12.1 Å². The molecule has 1 rings (SSSR count). The molecule has 2 nitrogen and oxygen atoms in total. The molecular weight excluding hydrogens is 246 g/mol. The molecule has 0 N–H and O–H groups in total. The monoisotopic (exact) mass is 269 g/mol. The molecule has 1 heterocycles. The molecule has 0 fully saturated rings. The summed E-state index contributed by atoms with van der Waals surface area (Å²) >= 11 is 5.89. The zero-order valence-electron chi connectivity index (χ0n) is 11.7. The van der Waals surface area contributed by atoms with Crippen LogP contribution in [-0.2, 0) is 12.3 Å². The number of rotatable bonds is 8. The van der Waals surface area contributed by atoms with E-state index in [1.165, 1.54) is 6.42 Å². The van der Waals surface area contributed by atoms with E-state index >= 15 is 0 Å². The summed E-state index contributed by atoms with van der Waals surface area (Å²) in [5.41, 5.74) is 2.17. The third-order valence-electron chi connectivity index (χ3n) is 2.75. The van der Waals surface area contributed by atoms with Crippen molar-refractivity contribution in [1.82, 2.24) is 4.98 Å². The van der Waals surface area contributed by atoms with Crippen molar-refractivity contribution in [3.63, 3.8) is 0 Å². The predicted octanol–water partition coefficient (Wildman–Crippen LogP) is 4.59. The number of ether oxygens (including phenoxy) is 1. The van der Waals surface area contributed by atoms with E-state index in [4.69, 9.17) is 16.3 Å². The minimum atomic E-state index is 0.515. The summed E-state index contributed by atoms with van der Waals surface area (Å²) in [6, 6.07) is 4.01. The maximum absolute atomic E-state index is 5.89. The van der Waals surface area contributed by atoms with Crippen molar-refractivity contribution in [2.24, 2.45) is 5.92 Å². The van der Waals surface area contributed by atoms with Gasteiger partial charge in [0.25, 0.3) is 0 Å². The first kappa shape index (κ1) is 15.3. The van der Waals surface area contributed by atoms with Crippen LogP contribution in [0.2, 0.25) is 0 Å². The molecule has 0 atom stereocenters. The number of hydrogen-bond donors (Lipinski definition) is 0. The van der Waals surface area contributed by atoms with Gasteiger partial charge in [-0.3, -0.25) is 0 Å². The first-order valence-electron chi connectivity index (χ1n) is 6.84. The number of hydrogen-bond acceptors (Lipinski definition) is 2. The van der Waals surface area contributed by atoms with E-state index in [1.54, 1.807) is 0 Å². The lowest BCUT2D eigenvalue weighted by Crippen LogP contribution is -2.03. The van der Waals surface area contributed by atoms with Gasteiger partial charge < -0.3 is 4.74 Å². The first-order valence-corrected chi connectivity index (χ1v) is 7.37. The molecule has 0 saturated carbocycles. The molecule has 0 bridgehead atoms. The van der Waals surface area contributed by atoms with Gasteiger partial charge in [-0.15, -0.1) is 11.6 Å². The predicted molar refractivity (Wildman–Crippen MR) is 77.4 cm³/mol. The minimum absolute atomic E-state index is 0.515. The van der Waals surface area contributed by atoms with Crippen LogP contribution in [-0.4, -0.2) is 11.6 Å². The molecule has 0 aliphatic rings. The van der Waals surface area contributed by atoms with Gasteiger partial charge in [-0.1, -0.05) is 27.2 Å². The van der Waals surface area contributed by atoms with Crippen molar-refractivity contribution in [1.29, 1.82) is 0 Å². The standard InChI is InChI=1S/C15H24ClNO/c1-4-6-14-9-13(11-16)10-15(17-14)18-8-5-7-12(2)3/h9-10,12H,4-8,11H2,1-3H3. The molecule has 18 heavy (non-hydrogen) atoms. The third-order valence-corrected chi connectivity index (χ3v) is 3.06. The number of aromatic nitrogens is 1. The molecule has 0 radical (unpaired) electrons. The summed E-state index contributed by atoms with van der Waals surface area (Å²) in [6.07, 6.45) is 4.34. The zero-order chi connectivity index (χ0) is 13.4. The second-order valence-electron chi connectivity index (χ2n) is 5.07. The van der Waals surface area contributed by atoms with Crippen molar-refractivity contribution in [3.05, 3.63) is 23.4 Å². The van der Waals surface area contributed by atoms with Crippen LogP contribution >= 0.6 is 11.6 Å². The Morgan fingerprint density at radius 3 is 2.72 bits per heavy atom. The van der Waals surface area contributed by atoms with Gasteiger partial charge in [-0.2, -0.15) is 0 Å². The van der Waals surface area contributed by atoms with Crippen LogP contribution in [0.25, 0.3) is 0 Å². The van der Waals surface area contributed by atoms with Gasteiger partial charge in [-0.25, -0.2) is 4.98 Å². The lowest BCUT2D eigenvalue weighted by Gasteiger charge is -2.09. The number of halogens is 1. The van der Waals surface area contributed by atoms with Crippen LogP contribution in [0.5, 0.6) is 5.88 Å². The van der Waals surface area contributed by atoms with Crippen molar-refractivity contribution in [3.8, 4) is 5.88 Å². The quantitative estimate of drug-likeness (QED) is 0.509. The van der Waals surface area contributed by atoms with E-state index in [-0.39, 0.29) is 0 Å². The largest absolute Gasteiger partial charge is 0.478 e. The Balaban J connectivity index is 2.55. The highest BCUT2D eigenvalue weighted by molar-refractivity contribution is 6.17. The topological polar surface area (TPSA) is 22.1 Å².